The molecule has 1 aliphatic heterocycles. The lowest BCUT2D eigenvalue weighted by Crippen LogP contribution is -2.32. The fourth-order valence-electron chi connectivity index (χ4n) is 5.83. The van der Waals surface area contributed by atoms with Gasteiger partial charge in [0, 0.05) is 6.61 Å². The molecule has 1 saturated heterocycles. The summed E-state index contributed by atoms with van der Waals surface area (Å²) in [6.07, 6.45) is 3.44. The second-order valence-electron chi connectivity index (χ2n) is 13.7. The Morgan fingerprint density at radius 1 is 0.675 bits per heavy atom. The molecule has 0 bridgehead atoms. The van der Waals surface area contributed by atoms with Crippen molar-refractivity contribution in [2.24, 2.45) is 23.7 Å². The summed E-state index contributed by atoms with van der Waals surface area (Å²) in [7, 11) is -1.66. The fourth-order valence-corrected chi connectivity index (χ4v) is 13.3. The van der Waals surface area contributed by atoms with Crippen LogP contribution >= 0.6 is 0 Å². The van der Waals surface area contributed by atoms with E-state index in [0.717, 1.165) is 42.3 Å². The Hall–Kier alpha value is -1.25. The van der Waals surface area contributed by atoms with Gasteiger partial charge in [-0.3, -0.25) is 0 Å². The number of rotatable bonds is 14. The maximum absolute atomic E-state index is 9.07. The lowest BCUT2D eigenvalue weighted by molar-refractivity contribution is -0.168. The van der Waals surface area contributed by atoms with Gasteiger partial charge in [-0.1, -0.05) is 138 Å². The molecular weight excluding hydrogens is 525 g/mol. The molecule has 3 rings (SSSR count). The van der Waals surface area contributed by atoms with Crippen LogP contribution in [-0.2, 0) is 22.7 Å². The van der Waals surface area contributed by atoms with E-state index < -0.39 is 17.6 Å². The number of ether oxygens (including phenoxy) is 2. The third-order valence-corrected chi connectivity index (χ3v) is 16.4. The van der Waals surface area contributed by atoms with Crippen LogP contribution in [0.15, 0.2) is 48.5 Å². The van der Waals surface area contributed by atoms with E-state index in [0.29, 0.717) is 6.61 Å². The molecule has 0 aliphatic carbocycles. The highest BCUT2D eigenvalue weighted by Gasteiger charge is 2.18. The van der Waals surface area contributed by atoms with Gasteiger partial charge in [0.15, 0.2) is 6.29 Å². The summed E-state index contributed by atoms with van der Waals surface area (Å²) >= 11 is 0. The molecule has 2 aromatic rings. The zero-order chi connectivity index (χ0) is 29.5. The Kier molecular flexibility index (Phi) is 16.6. The van der Waals surface area contributed by atoms with Crippen molar-refractivity contribution in [2.75, 3.05) is 6.61 Å². The summed E-state index contributed by atoms with van der Waals surface area (Å²) in [5.41, 5.74) is 2.29. The van der Waals surface area contributed by atoms with Crippen molar-refractivity contribution in [3.8, 4) is 0 Å². The molecule has 0 radical (unpaired) electrons. The minimum atomic E-state index is -0.842. The number of hydrogen-bond donors (Lipinski definition) is 1. The molecule has 40 heavy (non-hydrogen) atoms. The summed E-state index contributed by atoms with van der Waals surface area (Å²) < 4.78 is 11.5. The average Bonchev–Trinajstić information content (AvgIpc) is 2.91. The summed E-state index contributed by atoms with van der Waals surface area (Å²) in [6, 6.07) is 23.5. The van der Waals surface area contributed by atoms with Crippen LogP contribution in [0.4, 0.5) is 0 Å². The highest BCUT2D eigenvalue weighted by atomic mass is 28.3. The molecule has 3 nitrogen and oxygen atoms in total. The van der Waals surface area contributed by atoms with Crippen molar-refractivity contribution in [1.82, 2.24) is 0 Å². The van der Waals surface area contributed by atoms with E-state index in [1.807, 2.05) is 0 Å². The van der Waals surface area contributed by atoms with Gasteiger partial charge in [-0.25, -0.2) is 0 Å². The molecule has 1 unspecified atom stereocenters. The van der Waals surface area contributed by atoms with Crippen LogP contribution in [0, 0.1) is 23.7 Å². The number of aliphatic hydroxyl groups is 1. The molecule has 226 valence electrons. The van der Waals surface area contributed by atoms with E-state index >= 15 is 0 Å². The van der Waals surface area contributed by atoms with Crippen LogP contribution in [0.2, 0.25) is 24.2 Å². The van der Waals surface area contributed by atoms with Gasteiger partial charge in [-0.15, -0.1) is 0 Å². The van der Waals surface area contributed by atoms with E-state index in [1.165, 1.54) is 42.6 Å². The van der Waals surface area contributed by atoms with E-state index in [1.54, 1.807) is 10.4 Å². The average molecular weight is 585 g/mol. The Morgan fingerprint density at radius 2 is 1.10 bits per heavy atom. The Bertz CT molecular complexity index is 883. The van der Waals surface area contributed by atoms with Crippen molar-refractivity contribution in [1.29, 1.82) is 0 Å². The molecule has 0 saturated carbocycles. The summed E-state index contributed by atoms with van der Waals surface area (Å²) in [6.45, 7) is 20.4. The van der Waals surface area contributed by atoms with Crippen molar-refractivity contribution < 1.29 is 14.6 Å². The fraction of sp³-hybridized carbons (Fsp3) is 0.657. The molecule has 1 fully saturated rings. The molecule has 0 amide bonds. The first-order valence-corrected chi connectivity index (χ1v) is 20.5. The van der Waals surface area contributed by atoms with E-state index in [9.17, 15) is 0 Å². The minimum Gasteiger partial charge on any atom is -0.392 e. The third-order valence-electron chi connectivity index (χ3n) is 7.68. The summed E-state index contributed by atoms with van der Waals surface area (Å²) in [5, 5.41) is 12.2. The molecule has 1 N–H and O–H groups in total. The molecule has 1 aliphatic rings. The van der Waals surface area contributed by atoms with Gasteiger partial charge in [0.1, 0.15) is 0 Å². The SMILES string of the molecule is CC(C)C[SiH](CC(C)C)c1ccc(CO)cc1.CC(C)C[SiH](CC(C)C)c1ccc(COC2CCCCO2)cc1. The second kappa shape index (κ2) is 19.0. The lowest BCUT2D eigenvalue weighted by atomic mass is 10.2. The van der Waals surface area contributed by atoms with Crippen molar-refractivity contribution >= 4 is 28.0 Å². The monoisotopic (exact) mass is 584 g/mol. The second-order valence-corrected chi connectivity index (χ2v) is 19.7. The molecule has 5 heteroatoms. The maximum Gasteiger partial charge on any atom is 0.158 e. The van der Waals surface area contributed by atoms with Gasteiger partial charge >= 0.3 is 0 Å². The molecule has 2 aromatic carbocycles. The van der Waals surface area contributed by atoms with E-state index in [4.69, 9.17) is 14.6 Å². The Balaban J connectivity index is 0.000000294. The molecule has 1 heterocycles. The zero-order valence-corrected chi connectivity index (χ0v) is 29.3. The Labute approximate surface area is 250 Å². The predicted octanol–water partition coefficient (Wildman–Crippen LogP) is 7.40. The summed E-state index contributed by atoms with van der Waals surface area (Å²) in [5.74, 6) is 3.19. The van der Waals surface area contributed by atoms with E-state index in [-0.39, 0.29) is 12.9 Å². The van der Waals surface area contributed by atoms with Crippen molar-refractivity contribution in [3.63, 3.8) is 0 Å². The zero-order valence-electron chi connectivity index (χ0n) is 27.0. The van der Waals surface area contributed by atoms with Gasteiger partial charge in [0.2, 0.25) is 0 Å². The normalized spacial score (nSPS) is 15.9. The summed E-state index contributed by atoms with van der Waals surface area (Å²) in [4.78, 5) is 0. The predicted molar refractivity (Wildman–Crippen MR) is 179 cm³/mol. The minimum absolute atomic E-state index is 0.00688. The standard InChI is InChI=1S/C20H34O2Si.C15H26OSi/c1-16(2)14-23(15-17(3)4)19-10-8-18(9-11-19)13-22-20-7-5-6-12-21-20;1-12(2)10-17(11-13(3)4)15-7-5-14(9-16)6-8-15/h8-11,16-17,20,23H,5-7,12-15H2,1-4H3;5-8,12-13,16-17H,9-11H2,1-4H3. The van der Waals surface area contributed by atoms with Crippen molar-refractivity contribution in [2.45, 2.75) is 118 Å². The highest BCUT2D eigenvalue weighted by molar-refractivity contribution is 6.73. The topological polar surface area (TPSA) is 38.7 Å². The van der Waals surface area contributed by atoms with Gasteiger partial charge < -0.3 is 14.6 Å². The first-order valence-electron chi connectivity index (χ1n) is 16.1. The van der Waals surface area contributed by atoms with Crippen LogP contribution in [0.25, 0.3) is 0 Å². The number of hydrogen-bond acceptors (Lipinski definition) is 3. The lowest BCUT2D eigenvalue weighted by Gasteiger charge is -2.23. The van der Waals surface area contributed by atoms with Crippen LogP contribution in [0.3, 0.4) is 0 Å². The van der Waals surface area contributed by atoms with Crippen LogP contribution < -0.4 is 10.4 Å². The van der Waals surface area contributed by atoms with Gasteiger partial charge in [-0.2, -0.15) is 0 Å². The quantitative estimate of drug-likeness (QED) is 0.235. The van der Waals surface area contributed by atoms with Crippen LogP contribution in [-0.4, -0.2) is 35.6 Å². The molecule has 1 atom stereocenters. The first kappa shape index (κ1) is 35.0. The number of benzene rings is 2. The molecule has 0 spiro atoms. The highest BCUT2D eigenvalue weighted by Crippen LogP contribution is 2.18. The molecule has 0 aromatic heterocycles. The van der Waals surface area contributed by atoms with Crippen LogP contribution in [0.5, 0.6) is 0 Å². The smallest absolute Gasteiger partial charge is 0.158 e. The van der Waals surface area contributed by atoms with Gasteiger partial charge in [-0.05, 0) is 54.1 Å². The van der Waals surface area contributed by atoms with Gasteiger partial charge in [0.05, 0.1) is 30.8 Å². The largest absolute Gasteiger partial charge is 0.392 e. The third kappa shape index (κ3) is 14.1. The van der Waals surface area contributed by atoms with Crippen molar-refractivity contribution in [3.05, 3.63) is 59.7 Å². The molecular formula is C35H60O3Si2. The van der Waals surface area contributed by atoms with Crippen LogP contribution in [0.1, 0.15) is 85.8 Å². The maximum atomic E-state index is 9.07. The number of aliphatic hydroxyl groups excluding tert-OH is 1. The Morgan fingerprint density at radius 3 is 1.45 bits per heavy atom. The van der Waals surface area contributed by atoms with Gasteiger partial charge in [0.25, 0.3) is 0 Å². The first-order chi connectivity index (χ1) is 19.1. The van der Waals surface area contributed by atoms with E-state index in [2.05, 4.69) is 104 Å².